The second kappa shape index (κ2) is 5.89. The van der Waals surface area contributed by atoms with Crippen molar-refractivity contribution in [3.63, 3.8) is 0 Å². The molecule has 0 aromatic heterocycles. The summed E-state index contributed by atoms with van der Waals surface area (Å²) in [7, 11) is 1.62. The summed E-state index contributed by atoms with van der Waals surface area (Å²) in [6, 6.07) is 14.8. The number of anilines is 2. The fourth-order valence-electron chi connectivity index (χ4n) is 3.61. The Kier molecular flexibility index (Phi) is 3.69. The van der Waals surface area contributed by atoms with E-state index in [0.717, 1.165) is 11.3 Å². The third-order valence-corrected chi connectivity index (χ3v) is 4.75. The van der Waals surface area contributed by atoms with Gasteiger partial charge in [0, 0.05) is 37.2 Å². The fraction of sp³-hybridized carbons (Fsp3) is 0.263. The van der Waals surface area contributed by atoms with Crippen molar-refractivity contribution in [3.8, 4) is 0 Å². The minimum absolute atomic E-state index is 0.155. The summed E-state index contributed by atoms with van der Waals surface area (Å²) in [5.74, 6) is -0.397. The van der Waals surface area contributed by atoms with Gasteiger partial charge in [-0.1, -0.05) is 30.3 Å². The average Bonchev–Trinajstić information content (AvgIpc) is 2.90. The van der Waals surface area contributed by atoms with E-state index in [0.29, 0.717) is 30.8 Å². The molecule has 1 atom stereocenters. The molecule has 2 aliphatic rings. The number of nitrogens with zero attached hydrogens (tertiary/aromatic N) is 1. The number of carbonyl (C=O) groups is 2. The fourth-order valence-corrected chi connectivity index (χ4v) is 3.61. The van der Waals surface area contributed by atoms with E-state index in [9.17, 15) is 9.59 Å². The molecule has 0 unspecified atom stereocenters. The van der Waals surface area contributed by atoms with Crippen LogP contribution in [-0.4, -0.2) is 37.0 Å². The van der Waals surface area contributed by atoms with Gasteiger partial charge in [0.05, 0.1) is 5.56 Å². The largest absolute Gasteiger partial charge is 0.385 e. The van der Waals surface area contributed by atoms with Crippen LogP contribution in [0.2, 0.25) is 0 Å². The van der Waals surface area contributed by atoms with Gasteiger partial charge in [0.2, 0.25) is 5.66 Å². The number of ether oxygens (including phenoxy) is 1. The summed E-state index contributed by atoms with van der Waals surface area (Å²) < 4.78 is 5.13. The van der Waals surface area contributed by atoms with Gasteiger partial charge in [0.1, 0.15) is 0 Å². The van der Waals surface area contributed by atoms with Crippen LogP contribution < -0.4 is 10.6 Å². The molecule has 1 spiro atoms. The molecule has 2 aromatic rings. The Bertz CT molecular complexity index is 851. The number of nitrogens with one attached hydrogen (secondary N) is 2. The minimum atomic E-state index is -1.23. The Morgan fingerprint density at radius 1 is 1.04 bits per heavy atom. The molecule has 0 bridgehead atoms. The Balaban J connectivity index is 1.87. The van der Waals surface area contributed by atoms with Crippen molar-refractivity contribution >= 4 is 23.2 Å². The maximum Gasteiger partial charge on any atom is 0.276 e. The van der Waals surface area contributed by atoms with Gasteiger partial charge in [-0.05, 0) is 24.6 Å². The van der Waals surface area contributed by atoms with Crippen molar-refractivity contribution in [2.45, 2.75) is 12.1 Å². The summed E-state index contributed by atoms with van der Waals surface area (Å²) in [4.78, 5) is 27.8. The maximum absolute atomic E-state index is 13.2. The van der Waals surface area contributed by atoms with E-state index in [1.165, 1.54) is 0 Å². The van der Waals surface area contributed by atoms with Gasteiger partial charge in [-0.15, -0.1) is 0 Å². The van der Waals surface area contributed by atoms with Crippen molar-refractivity contribution in [1.29, 1.82) is 0 Å². The van der Waals surface area contributed by atoms with Crippen LogP contribution >= 0.6 is 0 Å². The van der Waals surface area contributed by atoms with Crippen LogP contribution in [0.1, 0.15) is 22.3 Å². The lowest BCUT2D eigenvalue weighted by atomic mass is 9.93. The summed E-state index contributed by atoms with van der Waals surface area (Å²) in [6.07, 6.45) is 0.642. The van der Waals surface area contributed by atoms with Crippen LogP contribution in [0.3, 0.4) is 0 Å². The lowest BCUT2D eigenvalue weighted by molar-refractivity contribution is -0.125. The molecule has 0 fully saturated rings. The van der Waals surface area contributed by atoms with Gasteiger partial charge >= 0.3 is 0 Å². The second-order valence-corrected chi connectivity index (χ2v) is 6.18. The molecule has 4 rings (SSSR count). The van der Waals surface area contributed by atoms with Crippen LogP contribution in [-0.2, 0) is 15.2 Å². The van der Waals surface area contributed by atoms with Crippen molar-refractivity contribution in [1.82, 2.24) is 4.90 Å². The molecule has 2 heterocycles. The molecule has 0 saturated heterocycles. The molecule has 25 heavy (non-hydrogen) atoms. The second-order valence-electron chi connectivity index (χ2n) is 6.18. The summed E-state index contributed by atoms with van der Waals surface area (Å²) in [5.41, 5.74) is 1.50. The summed E-state index contributed by atoms with van der Waals surface area (Å²) in [5, 5.41) is 6.24. The predicted octanol–water partition coefficient (Wildman–Crippen LogP) is 2.40. The zero-order chi connectivity index (χ0) is 17.4. The normalized spacial score (nSPS) is 20.9. The van der Waals surface area contributed by atoms with E-state index in [1.807, 2.05) is 42.5 Å². The molecule has 2 aromatic carbocycles. The lowest BCUT2D eigenvalue weighted by Gasteiger charge is -2.44. The standard InChI is InChI=1S/C19H19N3O3/c1-25-12-6-11-22-17(23)13-7-2-4-9-15(13)21-19(22)14-8-3-5-10-16(14)20-18(19)24/h2-5,7-10,21H,6,11-12H2,1H3,(H,20,24)/t19-/m0/s1. The van der Waals surface area contributed by atoms with E-state index >= 15 is 0 Å². The number of benzene rings is 2. The molecule has 0 radical (unpaired) electrons. The van der Waals surface area contributed by atoms with Crippen molar-refractivity contribution < 1.29 is 14.3 Å². The number of methoxy groups -OCH3 is 1. The van der Waals surface area contributed by atoms with Gasteiger partial charge < -0.3 is 20.3 Å². The zero-order valence-electron chi connectivity index (χ0n) is 13.9. The number of amides is 2. The van der Waals surface area contributed by atoms with Gasteiger partial charge in [0.25, 0.3) is 11.8 Å². The number of rotatable bonds is 4. The molecule has 2 amide bonds. The molecule has 128 valence electrons. The zero-order valence-corrected chi connectivity index (χ0v) is 13.9. The molecule has 0 aliphatic carbocycles. The first-order valence-corrected chi connectivity index (χ1v) is 8.27. The van der Waals surface area contributed by atoms with E-state index in [-0.39, 0.29) is 11.8 Å². The average molecular weight is 337 g/mol. The van der Waals surface area contributed by atoms with Crippen LogP contribution in [0.4, 0.5) is 11.4 Å². The van der Waals surface area contributed by atoms with E-state index < -0.39 is 5.66 Å². The van der Waals surface area contributed by atoms with Crippen LogP contribution in [0.5, 0.6) is 0 Å². The Morgan fingerprint density at radius 2 is 1.76 bits per heavy atom. The molecule has 6 heteroatoms. The first kappa shape index (κ1) is 15.7. The smallest absolute Gasteiger partial charge is 0.276 e. The number of fused-ring (bicyclic) bond motifs is 3. The number of hydrogen-bond acceptors (Lipinski definition) is 4. The monoisotopic (exact) mass is 337 g/mol. The minimum Gasteiger partial charge on any atom is -0.385 e. The van der Waals surface area contributed by atoms with Crippen molar-refractivity contribution in [2.24, 2.45) is 0 Å². The molecule has 2 aliphatic heterocycles. The quantitative estimate of drug-likeness (QED) is 0.841. The van der Waals surface area contributed by atoms with Crippen molar-refractivity contribution in [3.05, 3.63) is 59.7 Å². The van der Waals surface area contributed by atoms with Gasteiger partial charge in [-0.3, -0.25) is 9.59 Å². The SMILES string of the molecule is COCCCN1C(=O)c2ccccc2N[C@]12C(=O)Nc1ccccc12. The Labute approximate surface area is 145 Å². The molecule has 6 nitrogen and oxygen atoms in total. The molecular formula is C19H19N3O3. The summed E-state index contributed by atoms with van der Waals surface area (Å²) in [6.45, 7) is 0.931. The first-order valence-electron chi connectivity index (χ1n) is 8.27. The van der Waals surface area contributed by atoms with Gasteiger partial charge in [-0.25, -0.2) is 0 Å². The Hall–Kier alpha value is -2.86. The van der Waals surface area contributed by atoms with Crippen molar-refractivity contribution in [2.75, 3.05) is 30.9 Å². The van der Waals surface area contributed by atoms with Gasteiger partial charge in [0.15, 0.2) is 0 Å². The molecular weight excluding hydrogens is 318 g/mol. The first-order chi connectivity index (χ1) is 12.2. The van der Waals surface area contributed by atoms with Crippen LogP contribution in [0.15, 0.2) is 48.5 Å². The van der Waals surface area contributed by atoms with Gasteiger partial charge in [-0.2, -0.15) is 0 Å². The van der Waals surface area contributed by atoms with Crippen LogP contribution in [0, 0.1) is 0 Å². The highest BCUT2D eigenvalue weighted by Crippen LogP contribution is 2.45. The number of para-hydroxylation sites is 2. The highest BCUT2D eigenvalue weighted by atomic mass is 16.5. The van der Waals surface area contributed by atoms with E-state index in [4.69, 9.17) is 4.74 Å². The van der Waals surface area contributed by atoms with E-state index in [1.54, 1.807) is 18.1 Å². The topological polar surface area (TPSA) is 70.7 Å². The lowest BCUT2D eigenvalue weighted by Crippen LogP contribution is -2.61. The Morgan fingerprint density at radius 3 is 2.56 bits per heavy atom. The number of hydrogen-bond donors (Lipinski definition) is 2. The molecule has 0 saturated carbocycles. The van der Waals surface area contributed by atoms with E-state index in [2.05, 4.69) is 10.6 Å². The van der Waals surface area contributed by atoms with Crippen LogP contribution in [0.25, 0.3) is 0 Å². The summed E-state index contributed by atoms with van der Waals surface area (Å²) >= 11 is 0. The highest BCUT2D eigenvalue weighted by molar-refractivity contribution is 6.14. The predicted molar refractivity (Wildman–Crippen MR) is 94.3 cm³/mol. The highest BCUT2D eigenvalue weighted by Gasteiger charge is 2.55. The third-order valence-electron chi connectivity index (χ3n) is 4.75. The molecule has 2 N–H and O–H groups in total. The maximum atomic E-state index is 13.2. The third kappa shape index (κ3) is 2.21. The number of carbonyl (C=O) groups excluding carboxylic acids is 2.